The van der Waals surface area contributed by atoms with E-state index in [1.54, 1.807) is 12.1 Å². The molecule has 0 spiro atoms. The molecule has 1 atom stereocenters. The Bertz CT molecular complexity index is 874. The first-order chi connectivity index (χ1) is 12.0. The van der Waals surface area contributed by atoms with Crippen molar-refractivity contribution in [3.63, 3.8) is 0 Å². The largest absolute Gasteiger partial charge is 0.468 e. The van der Waals surface area contributed by atoms with Gasteiger partial charge in [0.1, 0.15) is 5.76 Å². The predicted molar refractivity (Wildman–Crippen MR) is 84.0 cm³/mol. The number of rotatable bonds is 6. The van der Waals surface area contributed by atoms with Gasteiger partial charge >= 0.3 is 11.9 Å². The number of nitrogens with one attached hydrogen (secondary N) is 1. The topological polar surface area (TPSA) is 112 Å². The summed E-state index contributed by atoms with van der Waals surface area (Å²) in [6.07, 6.45) is 0.770. The van der Waals surface area contributed by atoms with Crippen molar-refractivity contribution in [3.05, 3.63) is 54.0 Å². The Morgan fingerprint density at radius 1 is 1.28 bits per heavy atom. The van der Waals surface area contributed by atoms with Crippen molar-refractivity contribution in [1.29, 1.82) is 0 Å². The zero-order valence-electron chi connectivity index (χ0n) is 13.0. The Labute approximate surface area is 143 Å². The van der Waals surface area contributed by atoms with Crippen molar-refractivity contribution >= 4 is 22.0 Å². The van der Waals surface area contributed by atoms with Gasteiger partial charge in [-0.2, -0.15) is 0 Å². The fourth-order valence-corrected chi connectivity index (χ4v) is 3.27. The van der Waals surface area contributed by atoms with Crippen LogP contribution in [0.3, 0.4) is 0 Å². The zero-order valence-corrected chi connectivity index (χ0v) is 13.8. The number of hydrogen-bond acceptors (Lipinski definition) is 7. The van der Waals surface area contributed by atoms with Gasteiger partial charge in [-0.25, -0.2) is 22.7 Å². The summed E-state index contributed by atoms with van der Waals surface area (Å²) in [5.74, 6) is -0.928. The lowest BCUT2D eigenvalue weighted by Crippen LogP contribution is -2.24. The van der Waals surface area contributed by atoms with Crippen molar-refractivity contribution in [2.45, 2.75) is 24.0 Å². The summed E-state index contributed by atoms with van der Waals surface area (Å²) in [5.41, 5.74) is 0.0283. The van der Waals surface area contributed by atoms with Crippen molar-refractivity contribution in [2.75, 3.05) is 6.61 Å². The van der Waals surface area contributed by atoms with Crippen molar-refractivity contribution in [3.8, 4) is 0 Å². The average molecular weight is 365 g/mol. The van der Waals surface area contributed by atoms with E-state index in [-0.39, 0.29) is 30.0 Å². The Morgan fingerprint density at radius 3 is 2.80 bits per heavy atom. The van der Waals surface area contributed by atoms with Gasteiger partial charge in [0.05, 0.1) is 29.9 Å². The predicted octanol–water partition coefficient (Wildman–Crippen LogP) is 1.23. The van der Waals surface area contributed by atoms with Crippen LogP contribution in [0.4, 0.5) is 0 Å². The van der Waals surface area contributed by atoms with Gasteiger partial charge in [-0.3, -0.25) is 0 Å². The highest BCUT2D eigenvalue weighted by Crippen LogP contribution is 2.16. The number of ether oxygens (including phenoxy) is 2. The van der Waals surface area contributed by atoms with Gasteiger partial charge in [-0.15, -0.1) is 0 Å². The Morgan fingerprint density at radius 2 is 2.12 bits per heavy atom. The lowest BCUT2D eigenvalue weighted by Gasteiger charge is -2.10. The second-order valence-electron chi connectivity index (χ2n) is 5.28. The highest BCUT2D eigenvalue weighted by atomic mass is 32.2. The molecule has 1 N–H and O–H groups in total. The zero-order chi connectivity index (χ0) is 17.9. The molecule has 2 aromatic rings. The standard InChI is InChI=1S/C16H15NO7S/c18-15(24-14-6-8-23-16(14)19)11-3-1-5-13(9-11)25(20,21)17-10-12-4-2-7-22-12/h1-5,7,9,14,17H,6,8,10H2/t14-/m0/s1. The summed E-state index contributed by atoms with van der Waals surface area (Å²) in [4.78, 5) is 23.4. The molecular formula is C16H15NO7S. The molecule has 8 nitrogen and oxygen atoms in total. The molecule has 132 valence electrons. The molecule has 25 heavy (non-hydrogen) atoms. The summed E-state index contributed by atoms with van der Waals surface area (Å²) >= 11 is 0. The Balaban J connectivity index is 1.71. The van der Waals surface area contributed by atoms with Crippen LogP contribution < -0.4 is 4.72 Å². The van der Waals surface area contributed by atoms with Crippen LogP contribution in [0.25, 0.3) is 0 Å². The molecule has 1 aromatic carbocycles. The van der Waals surface area contributed by atoms with E-state index in [0.717, 1.165) is 0 Å². The van der Waals surface area contributed by atoms with Gasteiger partial charge in [-0.05, 0) is 30.3 Å². The Hall–Kier alpha value is -2.65. The molecule has 9 heteroatoms. The number of carbonyl (C=O) groups is 2. The lowest BCUT2D eigenvalue weighted by atomic mass is 10.2. The maximum Gasteiger partial charge on any atom is 0.347 e. The highest BCUT2D eigenvalue weighted by Gasteiger charge is 2.30. The molecular weight excluding hydrogens is 350 g/mol. The van der Waals surface area contributed by atoms with Gasteiger partial charge in [0.2, 0.25) is 16.1 Å². The average Bonchev–Trinajstić information content (AvgIpc) is 3.25. The first kappa shape index (κ1) is 17.2. The quantitative estimate of drug-likeness (QED) is 0.766. The van der Waals surface area contributed by atoms with Crippen LogP contribution in [0.15, 0.2) is 52.0 Å². The van der Waals surface area contributed by atoms with Crippen LogP contribution in [0.5, 0.6) is 0 Å². The van der Waals surface area contributed by atoms with Crippen molar-refractivity contribution < 1.29 is 31.9 Å². The van der Waals surface area contributed by atoms with E-state index in [0.29, 0.717) is 5.76 Å². The number of sulfonamides is 1. The van der Waals surface area contributed by atoms with E-state index in [1.807, 2.05) is 0 Å². The van der Waals surface area contributed by atoms with E-state index >= 15 is 0 Å². The molecule has 3 rings (SSSR count). The molecule has 1 aromatic heterocycles. The van der Waals surface area contributed by atoms with E-state index in [4.69, 9.17) is 13.9 Å². The minimum absolute atomic E-state index is 0.0160. The first-order valence-electron chi connectivity index (χ1n) is 7.45. The van der Waals surface area contributed by atoms with Gasteiger partial charge < -0.3 is 13.9 Å². The van der Waals surface area contributed by atoms with Crippen LogP contribution in [0.1, 0.15) is 22.5 Å². The number of benzene rings is 1. The fraction of sp³-hybridized carbons (Fsp3) is 0.250. The summed E-state index contributed by atoms with van der Waals surface area (Å²) in [7, 11) is -3.84. The third-order valence-electron chi connectivity index (χ3n) is 3.53. The van der Waals surface area contributed by atoms with Crippen molar-refractivity contribution in [2.24, 2.45) is 0 Å². The summed E-state index contributed by atoms with van der Waals surface area (Å²) < 4.78 is 41.9. The normalized spacial score (nSPS) is 17.3. The van der Waals surface area contributed by atoms with Gasteiger partial charge in [-0.1, -0.05) is 6.07 Å². The molecule has 1 saturated heterocycles. The maximum absolute atomic E-state index is 12.3. The second kappa shape index (κ2) is 7.08. The van der Waals surface area contributed by atoms with Gasteiger partial charge in [0, 0.05) is 6.42 Å². The van der Waals surface area contributed by atoms with Crippen LogP contribution in [0.2, 0.25) is 0 Å². The van der Waals surface area contributed by atoms with E-state index in [9.17, 15) is 18.0 Å². The molecule has 1 aliphatic rings. The number of carbonyl (C=O) groups excluding carboxylic acids is 2. The molecule has 0 aliphatic carbocycles. The van der Waals surface area contributed by atoms with Crippen LogP contribution in [0, 0.1) is 0 Å². The van der Waals surface area contributed by atoms with Crippen LogP contribution >= 0.6 is 0 Å². The fourth-order valence-electron chi connectivity index (χ4n) is 2.23. The van der Waals surface area contributed by atoms with Crippen LogP contribution in [-0.4, -0.2) is 33.1 Å². The third-order valence-corrected chi connectivity index (χ3v) is 4.93. The van der Waals surface area contributed by atoms with Crippen molar-refractivity contribution in [1.82, 2.24) is 4.72 Å². The monoisotopic (exact) mass is 365 g/mol. The SMILES string of the molecule is O=C(O[C@H]1CCOC1=O)c1cccc(S(=O)(=O)NCc2ccco2)c1. The number of esters is 2. The Kier molecular flexibility index (Phi) is 4.86. The highest BCUT2D eigenvalue weighted by molar-refractivity contribution is 7.89. The molecule has 0 radical (unpaired) electrons. The van der Waals surface area contributed by atoms with Gasteiger partial charge in [0.15, 0.2) is 0 Å². The molecule has 0 bridgehead atoms. The minimum Gasteiger partial charge on any atom is -0.468 e. The molecule has 1 aliphatic heterocycles. The van der Waals surface area contributed by atoms with E-state index in [2.05, 4.69) is 4.72 Å². The maximum atomic E-state index is 12.3. The molecule has 2 heterocycles. The number of hydrogen-bond donors (Lipinski definition) is 1. The van der Waals surface area contributed by atoms with Gasteiger partial charge in [0.25, 0.3) is 0 Å². The summed E-state index contributed by atoms with van der Waals surface area (Å²) in [5, 5.41) is 0. The summed E-state index contributed by atoms with van der Waals surface area (Å²) in [6, 6.07) is 8.66. The number of cyclic esters (lactones) is 1. The molecule has 0 amide bonds. The molecule has 0 saturated carbocycles. The second-order valence-corrected chi connectivity index (χ2v) is 7.05. The van der Waals surface area contributed by atoms with Crippen LogP contribution in [-0.2, 0) is 30.8 Å². The third kappa shape index (κ3) is 4.06. The van der Waals surface area contributed by atoms with E-state index < -0.39 is 28.1 Å². The lowest BCUT2D eigenvalue weighted by molar-refractivity contribution is -0.145. The molecule has 1 fully saturated rings. The number of furan rings is 1. The van der Waals surface area contributed by atoms with E-state index in [1.165, 1.54) is 30.5 Å². The minimum atomic E-state index is -3.84. The molecule has 0 unspecified atom stereocenters. The summed E-state index contributed by atoms with van der Waals surface area (Å²) in [6.45, 7) is 0.180. The first-order valence-corrected chi connectivity index (χ1v) is 8.94. The smallest absolute Gasteiger partial charge is 0.347 e.